The second kappa shape index (κ2) is 6.62. The van der Waals surface area contributed by atoms with Crippen molar-refractivity contribution in [2.45, 2.75) is 0 Å². The number of benzene rings is 1. The Labute approximate surface area is 133 Å². The van der Waals surface area contributed by atoms with Gasteiger partial charge in [-0.2, -0.15) is 4.98 Å². The molecule has 1 fully saturated rings. The SMILES string of the molecule is O=C(Nc1ccccc1)N1CC(COc2cncc(Cl)n2)C1. The number of carbonyl (C=O) groups excluding carboxylic acids is 1. The molecule has 22 heavy (non-hydrogen) atoms. The molecule has 0 bridgehead atoms. The zero-order chi connectivity index (χ0) is 15.4. The predicted molar refractivity (Wildman–Crippen MR) is 83.1 cm³/mol. The number of likely N-dealkylation sites (tertiary alicyclic amines) is 1. The maximum Gasteiger partial charge on any atom is 0.321 e. The second-order valence-corrected chi connectivity index (χ2v) is 5.45. The van der Waals surface area contributed by atoms with E-state index in [4.69, 9.17) is 16.3 Å². The number of carbonyl (C=O) groups is 1. The second-order valence-electron chi connectivity index (χ2n) is 5.06. The first-order chi connectivity index (χ1) is 10.7. The summed E-state index contributed by atoms with van der Waals surface area (Å²) in [5.41, 5.74) is 0.793. The molecule has 0 unspecified atom stereocenters. The van der Waals surface area contributed by atoms with Crippen molar-refractivity contribution in [2.24, 2.45) is 5.92 Å². The van der Waals surface area contributed by atoms with Gasteiger partial charge in [-0.3, -0.25) is 4.98 Å². The monoisotopic (exact) mass is 318 g/mol. The Bertz CT molecular complexity index is 647. The molecule has 0 atom stereocenters. The van der Waals surface area contributed by atoms with Crippen LogP contribution in [0.5, 0.6) is 5.88 Å². The van der Waals surface area contributed by atoms with E-state index in [1.807, 2.05) is 30.3 Å². The first-order valence-corrected chi connectivity index (χ1v) is 7.30. The molecule has 1 N–H and O–H groups in total. The number of urea groups is 1. The van der Waals surface area contributed by atoms with Crippen LogP contribution in [0.25, 0.3) is 0 Å². The topological polar surface area (TPSA) is 67.4 Å². The minimum absolute atomic E-state index is 0.0926. The van der Waals surface area contributed by atoms with E-state index in [1.54, 1.807) is 4.90 Å². The number of ether oxygens (including phenoxy) is 1. The van der Waals surface area contributed by atoms with Crippen molar-refractivity contribution in [3.63, 3.8) is 0 Å². The number of para-hydroxylation sites is 1. The minimum Gasteiger partial charge on any atom is -0.476 e. The van der Waals surface area contributed by atoms with Crippen LogP contribution in [-0.4, -0.2) is 40.6 Å². The fourth-order valence-electron chi connectivity index (χ4n) is 2.16. The summed E-state index contributed by atoms with van der Waals surface area (Å²) in [7, 11) is 0. The van der Waals surface area contributed by atoms with E-state index >= 15 is 0 Å². The summed E-state index contributed by atoms with van der Waals surface area (Å²) < 4.78 is 5.52. The van der Waals surface area contributed by atoms with Crippen LogP contribution in [0.3, 0.4) is 0 Å². The van der Waals surface area contributed by atoms with Crippen molar-refractivity contribution < 1.29 is 9.53 Å². The molecule has 0 radical (unpaired) electrons. The molecular weight excluding hydrogens is 304 g/mol. The number of anilines is 1. The van der Waals surface area contributed by atoms with E-state index < -0.39 is 0 Å². The summed E-state index contributed by atoms with van der Waals surface area (Å²) in [4.78, 5) is 21.6. The highest BCUT2D eigenvalue weighted by Crippen LogP contribution is 2.19. The molecular formula is C15H15ClN4O2. The van der Waals surface area contributed by atoms with Crippen LogP contribution in [0.1, 0.15) is 0 Å². The average molecular weight is 319 g/mol. The molecule has 6 nitrogen and oxygen atoms in total. The van der Waals surface area contributed by atoms with Gasteiger partial charge in [0.25, 0.3) is 0 Å². The van der Waals surface area contributed by atoms with Crippen LogP contribution in [0.4, 0.5) is 10.5 Å². The predicted octanol–water partition coefficient (Wildman–Crippen LogP) is 2.67. The maximum absolute atomic E-state index is 12.0. The van der Waals surface area contributed by atoms with Gasteiger partial charge >= 0.3 is 6.03 Å². The third kappa shape index (κ3) is 3.65. The highest BCUT2D eigenvalue weighted by Gasteiger charge is 2.31. The van der Waals surface area contributed by atoms with Gasteiger partial charge in [-0.25, -0.2) is 4.79 Å². The third-order valence-corrected chi connectivity index (χ3v) is 3.50. The van der Waals surface area contributed by atoms with Gasteiger partial charge in [0.2, 0.25) is 5.88 Å². The van der Waals surface area contributed by atoms with Crippen molar-refractivity contribution in [1.82, 2.24) is 14.9 Å². The van der Waals surface area contributed by atoms with Crippen molar-refractivity contribution in [3.05, 3.63) is 47.9 Å². The Kier molecular flexibility index (Phi) is 4.39. The molecule has 2 heterocycles. The van der Waals surface area contributed by atoms with Crippen molar-refractivity contribution in [1.29, 1.82) is 0 Å². The summed E-state index contributed by atoms with van der Waals surface area (Å²) >= 11 is 5.74. The summed E-state index contributed by atoms with van der Waals surface area (Å²) in [6, 6.07) is 9.30. The van der Waals surface area contributed by atoms with E-state index in [0.717, 1.165) is 5.69 Å². The highest BCUT2D eigenvalue weighted by atomic mass is 35.5. The molecule has 114 valence electrons. The van der Waals surface area contributed by atoms with Gasteiger partial charge < -0.3 is 15.0 Å². The molecule has 1 aliphatic rings. The van der Waals surface area contributed by atoms with Gasteiger partial charge in [0.05, 0.1) is 19.0 Å². The molecule has 3 rings (SSSR count). The Balaban J connectivity index is 1.41. The van der Waals surface area contributed by atoms with E-state index in [9.17, 15) is 4.79 Å². The number of aromatic nitrogens is 2. The van der Waals surface area contributed by atoms with E-state index in [1.165, 1.54) is 12.4 Å². The summed E-state index contributed by atoms with van der Waals surface area (Å²) in [6.07, 6.45) is 2.97. The van der Waals surface area contributed by atoms with Crippen LogP contribution in [-0.2, 0) is 0 Å². The Hall–Kier alpha value is -2.34. The van der Waals surface area contributed by atoms with Gasteiger partial charge in [-0.1, -0.05) is 29.8 Å². The quantitative estimate of drug-likeness (QED) is 0.941. The number of rotatable bonds is 4. The Morgan fingerprint density at radius 2 is 2.09 bits per heavy atom. The summed E-state index contributed by atoms with van der Waals surface area (Å²) in [6.45, 7) is 1.81. The fraction of sp³-hybridized carbons (Fsp3) is 0.267. The number of hydrogen-bond donors (Lipinski definition) is 1. The van der Waals surface area contributed by atoms with Crippen LogP contribution in [0.15, 0.2) is 42.7 Å². The molecule has 0 aliphatic carbocycles. The number of halogens is 1. The third-order valence-electron chi connectivity index (χ3n) is 3.32. The lowest BCUT2D eigenvalue weighted by atomic mass is 10.0. The molecule has 0 saturated carbocycles. The number of nitrogens with zero attached hydrogens (tertiary/aromatic N) is 3. The molecule has 7 heteroatoms. The minimum atomic E-state index is -0.0926. The zero-order valence-corrected chi connectivity index (χ0v) is 12.5. The molecule has 1 aliphatic heterocycles. The molecule has 0 spiro atoms. The first-order valence-electron chi connectivity index (χ1n) is 6.92. The first kappa shape index (κ1) is 14.6. The lowest BCUT2D eigenvalue weighted by Gasteiger charge is -2.38. The van der Waals surface area contributed by atoms with Gasteiger partial charge in [0, 0.05) is 24.7 Å². The Morgan fingerprint density at radius 1 is 1.32 bits per heavy atom. The number of nitrogens with one attached hydrogen (secondary N) is 1. The van der Waals surface area contributed by atoms with Crippen LogP contribution < -0.4 is 10.1 Å². The lowest BCUT2D eigenvalue weighted by molar-refractivity contribution is 0.0906. The van der Waals surface area contributed by atoms with Gasteiger partial charge in [-0.05, 0) is 12.1 Å². The van der Waals surface area contributed by atoms with Crippen molar-refractivity contribution >= 4 is 23.3 Å². The smallest absolute Gasteiger partial charge is 0.321 e. The lowest BCUT2D eigenvalue weighted by Crippen LogP contribution is -2.53. The molecule has 2 amide bonds. The molecule has 1 saturated heterocycles. The standard InChI is InChI=1S/C15H15ClN4O2/c16-13-6-17-7-14(19-13)22-10-11-8-20(9-11)15(21)18-12-4-2-1-3-5-12/h1-7,11H,8-10H2,(H,18,21). The molecule has 2 aromatic rings. The van der Waals surface area contributed by atoms with Crippen LogP contribution in [0.2, 0.25) is 5.15 Å². The van der Waals surface area contributed by atoms with Crippen molar-refractivity contribution in [3.8, 4) is 5.88 Å². The van der Waals surface area contributed by atoms with Crippen LogP contribution in [0, 0.1) is 5.92 Å². The number of hydrogen-bond acceptors (Lipinski definition) is 4. The van der Waals surface area contributed by atoms with E-state index in [0.29, 0.717) is 36.6 Å². The van der Waals surface area contributed by atoms with Crippen LogP contribution >= 0.6 is 11.6 Å². The van der Waals surface area contributed by atoms with Gasteiger partial charge in [0.1, 0.15) is 0 Å². The maximum atomic E-state index is 12.0. The Morgan fingerprint density at radius 3 is 2.82 bits per heavy atom. The molecule has 1 aromatic heterocycles. The van der Waals surface area contributed by atoms with E-state index in [2.05, 4.69) is 15.3 Å². The zero-order valence-electron chi connectivity index (χ0n) is 11.8. The largest absolute Gasteiger partial charge is 0.476 e. The van der Waals surface area contributed by atoms with Crippen molar-refractivity contribution in [2.75, 3.05) is 25.0 Å². The normalized spacial score (nSPS) is 14.3. The summed E-state index contributed by atoms with van der Waals surface area (Å²) in [5, 5.41) is 3.15. The fourth-order valence-corrected chi connectivity index (χ4v) is 2.30. The van der Waals surface area contributed by atoms with Gasteiger partial charge in [0.15, 0.2) is 5.15 Å². The average Bonchev–Trinajstić information content (AvgIpc) is 2.46. The van der Waals surface area contributed by atoms with Gasteiger partial charge in [-0.15, -0.1) is 0 Å². The summed E-state index contributed by atoms with van der Waals surface area (Å²) in [5.74, 6) is 0.696. The highest BCUT2D eigenvalue weighted by molar-refractivity contribution is 6.29. The molecule has 1 aromatic carbocycles. The van der Waals surface area contributed by atoms with E-state index in [-0.39, 0.29) is 6.03 Å². The number of amides is 2.